The molecule has 1 N–H and O–H groups in total. The predicted octanol–water partition coefficient (Wildman–Crippen LogP) is 2.46. The molecule has 3 atom stereocenters. The van der Waals surface area contributed by atoms with Gasteiger partial charge in [0.25, 0.3) is 5.91 Å². The minimum absolute atomic E-state index is 0.0584. The predicted molar refractivity (Wildman–Crippen MR) is 96.4 cm³/mol. The lowest BCUT2D eigenvalue weighted by Gasteiger charge is -2.33. The van der Waals surface area contributed by atoms with Crippen molar-refractivity contribution >= 4 is 22.9 Å². The maximum absolute atomic E-state index is 12.6. The lowest BCUT2D eigenvalue weighted by Crippen LogP contribution is -2.41. The zero-order chi connectivity index (χ0) is 17.2. The Morgan fingerprint density at radius 3 is 3.16 bits per heavy atom. The Balaban J connectivity index is 1.34. The van der Waals surface area contributed by atoms with Gasteiger partial charge < -0.3 is 10.1 Å². The van der Waals surface area contributed by atoms with E-state index in [-0.39, 0.29) is 18.1 Å². The van der Waals surface area contributed by atoms with E-state index in [1.807, 2.05) is 30.6 Å². The molecule has 0 radical (unpaired) electrons. The fourth-order valence-electron chi connectivity index (χ4n) is 3.66. The number of aryl methyl sites for hydroxylation is 1. The van der Waals surface area contributed by atoms with Gasteiger partial charge in [-0.2, -0.15) is 0 Å². The van der Waals surface area contributed by atoms with Crippen molar-refractivity contribution in [2.75, 3.05) is 18.4 Å². The van der Waals surface area contributed by atoms with Crippen LogP contribution in [-0.4, -0.2) is 46.1 Å². The molecule has 7 heteroatoms. The number of carbonyl (C=O) groups excluding carboxylic acids is 1. The molecule has 1 amide bonds. The van der Waals surface area contributed by atoms with Crippen LogP contribution in [0.5, 0.6) is 0 Å². The molecule has 2 fully saturated rings. The first kappa shape index (κ1) is 16.6. The summed E-state index contributed by atoms with van der Waals surface area (Å²) in [4.78, 5) is 23.5. The van der Waals surface area contributed by atoms with Crippen molar-refractivity contribution in [3.63, 3.8) is 0 Å². The van der Waals surface area contributed by atoms with Crippen LogP contribution in [-0.2, 0) is 16.1 Å². The molecule has 0 saturated carbocycles. The Kier molecular flexibility index (Phi) is 4.78. The van der Waals surface area contributed by atoms with E-state index in [1.165, 1.54) is 0 Å². The van der Waals surface area contributed by atoms with Crippen molar-refractivity contribution in [2.24, 2.45) is 5.92 Å². The fourth-order valence-corrected chi connectivity index (χ4v) is 4.32. The molecule has 0 unspecified atom stereocenters. The van der Waals surface area contributed by atoms with E-state index < -0.39 is 0 Å². The molecule has 0 spiro atoms. The molecule has 132 valence electrons. The van der Waals surface area contributed by atoms with Crippen LogP contribution in [0.1, 0.15) is 23.5 Å². The van der Waals surface area contributed by atoms with Gasteiger partial charge in [0.1, 0.15) is 11.1 Å². The van der Waals surface area contributed by atoms with Crippen LogP contribution in [0.4, 0.5) is 5.69 Å². The van der Waals surface area contributed by atoms with Crippen LogP contribution in [0.15, 0.2) is 29.9 Å². The Hall–Kier alpha value is -1.83. The van der Waals surface area contributed by atoms with Crippen LogP contribution in [0, 0.1) is 12.8 Å². The monoisotopic (exact) mass is 358 g/mol. The molecule has 0 aromatic carbocycles. The van der Waals surface area contributed by atoms with Gasteiger partial charge in [0.05, 0.1) is 24.0 Å². The van der Waals surface area contributed by atoms with Gasteiger partial charge in [0.15, 0.2) is 0 Å². The average Bonchev–Trinajstić information content (AvgIpc) is 3.26. The number of fused-ring (bicyclic) bond motifs is 1. The number of hydrogen-bond donors (Lipinski definition) is 1. The molecule has 25 heavy (non-hydrogen) atoms. The maximum Gasteiger partial charge on any atom is 0.253 e. The number of anilines is 1. The molecule has 2 aliphatic heterocycles. The third kappa shape index (κ3) is 3.73. The molecule has 0 aliphatic carbocycles. The van der Waals surface area contributed by atoms with Gasteiger partial charge in [-0.05, 0) is 44.4 Å². The molecule has 6 nitrogen and oxygen atoms in total. The number of ether oxygens (including phenoxy) is 1. The number of thiazole rings is 1. The highest BCUT2D eigenvalue weighted by molar-refractivity contribution is 7.09. The third-order valence-corrected chi connectivity index (χ3v) is 5.80. The van der Waals surface area contributed by atoms with Gasteiger partial charge in [-0.15, -0.1) is 11.3 Å². The standard InChI is InChI=1S/C18H22N4O2S/c1-12-14(3-2-5-19-12)21-18(23)15-9-13-4-7-22(10-16(13)24-15)11-17-20-6-8-25-17/h2-3,5-6,8,13,15-16H,4,7,9-11H2,1H3,(H,21,23)/t13-,15-,16+/m0/s1. The number of hydrogen-bond acceptors (Lipinski definition) is 6. The molecule has 4 rings (SSSR count). The van der Waals surface area contributed by atoms with Crippen molar-refractivity contribution in [1.29, 1.82) is 0 Å². The second kappa shape index (κ2) is 7.19. The molecule has 2 aromatic heterocycles. The van der Waals surface area contributed by atoms with Crippen molar-refractivity contribution in [2.45, 2.75) is 38.5 Å². The zero-order valence-electron chi connectivity index (χ0n) is 14.2. The van der Waals surface area contributed by atoms with E-state index in [0.29, 0.717) is 5.92 Å². The summed E-state index contributed by atoms with van der Waals surface area (Å²) in [6.07, 6.45) is 5.23. The summed E-state index contributed by atoms with van der Waals surface area (Å²) in [6.45, 7) is 4.68. The summed E-state index contributed by atoms with van der Waals surface area (Å²) in [5.74, 6) is 0.412. The Labute approximate surface area is 151 Å². The fraction of sp³-hybridized carbons (Fsp3) is 0.500. The van der Waals surface area contributed by atoms with Crippen LogP contribution >= 0.6 is 11.3 Å². The lowest BCUT2D eigenvalue weighted by molar-refractivity contribution is -0.127. The second-order valence-electron chi connectivity index (χ2n) is 6.73. The second-order valence-corrected chi connectivity index (χ2v) is 7.71. The van der Waals surface area contributed by atoms with Crippen molar-refractivity contribution < 1.29 is 9.53 Å². The van der Waals surface area contributed by atoms with Crippen LogP contribution in [0.2, 0.25) is 0 Å². The van der Waals surface area contributed by atoms with Crippen LogP contribution < -0.4 is 5.32 Å². The number of carbonyl (C=O) groups is 1. The molecule has 2 saturated heterocycles. The van der Waals surface area contributed by atoms with E-state index in [0.717, 1.165) is 48.9 Å². The lowest BCUT2D eigenvalue weighted by atomic mass is 9.91. The quantitative estimate of drug-likeness (QED) is 0.909. The minimum Gasteiger partial charge on any atom is -0.364 e. The zero-order valence-corrected chi connectivity index (χ0v) is 15.0. The normalized spacial score (nSPS) is 26.4. The van der Waals surface area contributed by atoms with E-state index >= 15 is 0 Å². The molecule has 2 aromatic rings. The first-order valence-electron chi connectivity index (χ1n) is 8.67. The number of pyridine rings is 1. The molecule has 4 heterocycles. The SMILES string of the molecule is Cc1ncccc1NC(=O)[C@@H]1C[C@@H]2CCN(Cc3nccs3)C[C@H]2O1. The van der Waals surface area contributed by atoms with Gasteiger partial charge in [0, 0.05) is 24.3 Å². The summed E-state index contributed by atoms with van der Waals surface area (Å²) in [7, 11) is 0. The van der Waals surface area contributed by atoms with Crippen molar-refractivity contribution in [1.82, 2.24) is 14.9 Å². The van der Waals surface area contributed by atoms with Gasteiger partial charge >= 0.3 is 0 Å². The van der Waals surface area contributed by atoms with Gasteiger partial charge in [-0.3, -0.25) is 14.7 Å². The van der Waals surface area contributed by atoms with E-state index in [4.69, 9.17) is 4.74 Å². The first-order valence-corrected chi connectivity index (χ1v) is 9.55. The highest BCUT2D eigenvalue weighted by atomic mass is 32.1. The largest absolute Gasteiger partial charge is 0.364 e. The smallest absolute Gasteiger partial charge is 0.253 e. The van der Waals surface area contributed by atoms with Gasteiger partial charge in [0.2, 0.25) is 0 Å². The summed E-state index contributed by atoms with van der Waals surface area (Å²) >= 11 is 1.69. The van der Waals surface area contributed by atoms with Crippen LogP contribution in [0.25, 0.3) is 0 Å². The third-order valence-electron chi connectivity index (χ3n) is 5.04. The Morgan fingerprint density at radius 2 is 2.36 bits per heavy atom. The number of rotatable bonds is 4. The maximum atomic E-state index is 12.6. The average molecular weight is 358 g/mol. The summed E-state index contributed by atoms with van der Waals surface area (Å²) in [5.41, 5.74) is 1.58. The Bertz CT molecular complexity index is 736. The molecule has 2 aliphatic rings. The van der Waals surface area contributed by atoms with E-state index in [2.05, 4.69) is 20.2 Å². The summed E-state index contributed by atoms with van der Waals surface area (Å²) in [5, 5.41) is 6.11. The van der Waals surface area contributed by atoms with Crippen molar-refractivity contribution in [3.8, 4) is 0 Å². The number of aromatic nitrogens is 2. The topological polar surface area (TPSA) is 67.4 Å². The number of nitrogens with one attached hydrogen (secondary N) is 1. The number of nitrogens with zero attached hydrogens (tertiary/aromatic N) is 3. The van der Waals surface area contributed by atoms with E-state index in [1.54, 1.807) is 17.5 Å². The molecular formula is C18H22N4O2S. The molecule has 0 bridgehead atoms. The summed E-state index contributed by atoms with van der Waals surface area (Å²) < 4.78 is 6.10. The number of amides is 1. The van der Waals surface area contributed by atoms with Crippen LogP contribution in [0.3, 0.4) is 0 Å². The highest BCUT2D eigenvalue weighted by Gasteiger charge is 2.41. The van der Waals surface area contributed by atoms with E-state index in [9.17, 15) is 4.79 Å². The van der Waals surface area contributed by atoms with Gasteiger partial charge in [-0.25, -0.2) is 4.98 Å². The summed E-state index contributed by atoms with van der Waals surface area (Å²) in [6, 6.07) is 3.70. The molecular weight excluding hydrogens is 336 g/mol. The highest BCUT2D eigenvalue weighted by Crippen LogP contribution is 2.34. The Morgan fingerprint density at radius 1 is 1.44 bits per heavy atom. The minimum atomic E-state index is -0.366. The van der Waals surface area contributed by atoms with Gasteiger partial charge in [-0.1, -0.05) is 0 Å². The number of likely N-dealkylation sites (tertiary alicyclic amines) is 1. The number of piperidine rings is 1. The first-order chi connectivity index (χ1) is 12.2. The van der Waals surface area contributed by atoms with Crippen molar-refractivity contribution in [3.05, 3.63) is 40.6 Å².